The fourth-order valence-corrected chi connectivity index (χ4v) is 2.94. The van der Waals surface area contributed by atoms with Gasteiger partial charge in [0.15, 0.2) is 5.78 Å². The molecule has 104 valence electrons. The summed E-state index contributed by atoms with van der Waals surface area (Å²) in [4.78, 5) is 20.8. The van der Waals surface area contributed by atoms with Gasteiger partial charge in [-0.1, -0.05) is 30.3 Å². The smallest absolute Gasteiger partial charge is 0.187 e. The van der Waals surface area contributed by atoms with E-state index in [0.717, 1.165) is 20.7 Å². The summed E-state index contributed by atoms with van der Waals surface area (Å²) in [7, 11) is 0. The van der Waals surface area contributed by atoms with Crippen LogP contribution in [0.3, 0.4) is 0 Å². The highest BCUT2D eigenvalue weighted by Gasteiger charge is 2.12. The van der Waals surface area contributed by atoms with E-state index in [1.807, 2.05) is 41.8 Å². The normalized spacial score (nSPS) is 10.5. The second-order valence-corrected chi connectivity index (χ2v) is 6.31. The summed E-state index contributed by atoms with van der Waals surface area (Å²) in [5, 5.41) is 2.79. The first kappa shape index (κ1) is 14.1. The second-order valence-electron chi connectivity index (χ2n) is 4.45. The summed E-state index contributed by atoms with van der Waals surface area (Å²) in [6.07, 6.45) is 1.91. The zero-order valence-corrected chi connectivity index (χ0v) is 13.4. The van der Waals surface area contributed by atoms with Gasteiger partial charge >= 0.3 is 0 Å². The van der Waals surface area contributed by atoms with E-state index in [9.17, 15) is 4.79 Å². The summed E-state index contributed by atoms with van der Waals surface area (Å²) in [6.45, 7) is 0. The molecule has 3 aromatic rings. The summed E-state index contributed by atoms with van der Waals surface area (Å²) in [5.74, 6) is -0.0172. The lowest BCUT2D eigenvalue weighted by Crippen LogP contribution is -2.05. The Hall–Kier alpha value is -1.85. The summed E-state index contributed by atoms with van der Waals surface area (Å²) >= 11 is 4.81. The third kappa shape index (κ3) is 3.43. The van der Waals surface area contributed by atoms with Gasteiger partial charge < -0.3 is 0 Å². The molecule has 1 aromatic carbocycles. The van der Waals surface area contributed by atoms with Crippen LogP contribution in [-0.4, -0.2) is 15.8 Å². The molecule has 5 heteroatoms. The number of hydrogen-bond acceptors (Lipinski definition) is 4. The molecule has 0 unspecified atom stereocenters. The molecule has 0 atom stereocenters. The highest BCUT2D eigenvalue weighted by Crippen LogP contribution is 2.22. The van der Waals surface area contributed by atoms with E-state index in [2.05, 4.69) is 25.9 Å². The molecule has 3 rings (SSSR count). The molecule has 0 amide bonds. The first-order valence-electron chi connectivity index (χ1n) is 6.37. The van der Waals surface area contributed by atoms with Crippen molar-refractivity contribution in [3.05, 3.63) is 69.2 Å². The van der Waals surface area contributed by atoms with E-state index < -0.39 is 0 Å². The monoisotopic (exact) mass is 358 g/mol. The highest BCUT2D eigenvalue weighted by molar-refractivity contribution is 9.10. The lowest BCUT2D eigenvalue weighted by atomic mass is 10.2. The number of thiazole rings is 1. The molecular weight excluding hydrogens is 348 g/mol. The van der Waals surface area contributed by atoms with Crippen LogP contribution in [0.5, 0.6) is 0 Å². The highest BCUT2D eigenvalue weighted by atomic mass is 79.9. The molecule has 2 heterocycles. The van der Waals surface area contributed by atoms with Crippen molar-refractivity contribution in [2.75, 3.05) is 0 Å². The van der Waals surface area contributed by atoms with Crippen LogP contribution in [0.25, 0.3) is 11.3 Å². The van der Waals surface area contributed by atoms with Crippen LogP contribution in [0.4, 0.5) is 0 Å². The zero-order valence-electron chi connectivity index (χ0n) is 11.0. The maximum absolute atomic E-state index is 12.2. The lowest BCUT2D eigenvalue weighted by molar-refractivity contribution is 0.0988. The number of benzene rings is 1. The minimum atomic E-state index is -0.0172. The average molecular weight is 359 g/mol. The Kier molecular flexibility index (Phi) is 4.22. The molecule has 2 aromatic heterocycles. The molecule has 0 N–H and O–H groups in total. The van der Waals surface area contributed by atoms with Gasteiger partial charge in [-0.25, -0.2) is 4.98 Å². The molecule has 0 spiro atoms. The van der Waals surface area contributed by atoms with E-state index in [1.54, 1.807) is 12.3 Å². The van der Waals surface area contributed by atoms with Gasteiger partial charge in [0, 0.05) is 21.6 Å². The molecule has 0 saturated carbocycles. The predicted octanol–water partition coefficient (Wildman–Crippen LogP) is 4.39. The Labute approximate surface area is 134 Å². The van der Waals surface area contributed by atoms with Gasteiger partial charge in [0.2, 0.25) is 0 Å². The van der Waals surface area contributed by atoms with Crippen molar-refractivity contribution in [3.8, 4) is 11.3 Å². The van der Waals surface area contributed by atoms with Crippen LogP contribution in [0.15, 0.2) is 58.5 Å². The number of ketones is 1. The van der Waals surface area contributed by atoms with Crippen LogP contribution in [0, 0.1) is 0 Å². The largest absolute Gasteiger partial charge is 0.292 e. The first-order chi connectivity index (χ1) is 10.2. The van der Waals surface area contributed by atoms with Gasteiger partial charge in [-0.3, -0.25) is 9.78 Å². The third-order valence-electron chi connectivity index (χ3n) is 2.95. The fraction of sp³-hybridized carbons (Fsp3) is 0.0625. The van der Waals surface area contributed by atoms with Crippen molar-refractivity contribution in [3.63, 3.8) is 0 Å². The van der Waals surface area contributed by atoms with Crippen molar-refractivity contribution in [1.29, 1.82) is 0 Å². The van der Waals surface area contributed by atoms with E-state index in [0.29, 0.717) is 5.69 Å². The molecule has 0 saturated heterocycles. The number of rotatable bonds is 4. The lowest BCUT2D eigenvalue weighted by Gasteiger charge is -1.98. The number of nitrogens with zero attached hydrogens (tertiary/aromatic N) is 2. The number of aromatic nitrogens is 2. The molecule has 0 aliphatic rings. The average Bonchev–Trinajstić information content (AvgIpc) is 2.97. The zero-order chi connectivity index (χ0) is 14.7. The topological polar surface area (TPSA) is 42.9 Å². The third-order valence-corrected chi connectivity index (χ3v) is 4.26. The predicted molar refractivity (Wildman–Crippen MR) is 87.5 cm³/mol. The number of hydrogen-bond donors (Lipinski definition) is 0. The van der Waals surface area contributed by atoms with Crippen LogP contribution < -0.4 is 0 Å². The van der Waals surface area contributed by atoms with Gasteiger partial charge in [0.25, 0.3) is 0 Å². The SMILES string of the molecule is O=C(Cc1nc(-c2ccccc2)cs1)c1ccc(Br)cn1. The number of carbonyl (C=O) groups is 1. The summed E-state index contributed by atoms with van der Waals surface area (Å²) in [5.41, 5.74) is 2.44. The van der Waals surface area contributed by atoms with Crippen molar-refractivity contribution >= 4 is 33.0 Å². The number of Topliss-reactive ketones (excluding diaryl/α,β-unsaturated/α-hetero) is 1. The van der Waals surface area contributed by atoms with Crippen LogP contribution in [0.2, 0.25) is 0 Å². The first-order valence-corrected chi connectivity index (χ1v) is 8.04. The maximum atomic E-state index is 12.2. The van der Waals surface area contributed by atoms with Gasteiger partial charge in [0.1, 0.15) is 10.7 Å². The minimum Gasteiger partial charge on any atom is -0.292 e. The quantitative estimate of drug-likeness (QED) is 0.649. The minimum absolute atomic E-state index is 0.0172. The van der Waals surface area contributed by atoms with Crippen LogP contribution in [0.1, 0.15) is 15.5 Å². The number of halogens is 1. The maximum Gasteiger partial charge on any atom is 0.187 e. The number of pyridine rings is 1. The van der Waals surface area contributed by atoms with Gasteiger partial charge in [0.05, 0.1) is 12.1 Å². The van der Waals surface area contributed by atoms with Gasteiger partial charge in [-0.2, -0.15) is 0 Å². The Morgan fingerprint density at radius 2 is 1.95 bits per heavy atom. The summed E-state index contributed by atoms with van der Waals surface area (Å²) in [6, 6.07) is 13.5. The Morgan fingerprint density at radius 1 is 1.14 bits per heavy atom. The molecule has 0 radical (unpaired) electrons. The second kappa shape index (κ2) is 6.28. The standard InChI is InChI=1S/C16H11BrN2OS/c17-12-6-7-13(18-9-12)15(20)8-16-19-14(10-21-16)11-4-2-1-3-5-11/h1-7,9-10H,8H2. The van der Waals surface area contributed by atoms with Crippen LogP contribution >= 0.6 is 27.3 Å². The van der Waals surface area contributed by atoms with Crippen molar-refractivity contribution in [1.82, 2.24) is 9.97 Å². The molecule has 21 heavy (non-hydrogen) atoms. The van der Waals surface area contributed by atoms with E-state index in [4.69, 9.17) is 0 Å². The Morgan fingerprint density at radius 3 is 2.67 bits per heavy atom. The number of carbonyl (C=O) groups excluding carboxylic acids is 1. The van der Waals surface area contributed by atoms with Gasteiger partial charge in [-0.15, -0.1) is 11.3 Å². The van der Waals surface area contributed by atoms with Crippen molar-refractivity contribution < 1.29 is 4.79 Å². The van der Waals surface area contributed by atoms with E-state index in [1.165, 1.54) is 11.3 Å². The van der Waals surface area contributed by atoms with E-state index >= 15 is 0 Å². The Bertz CT molecular complexity index is 753. The van der Waals surface area contributed by atoms with Crippen molar-refractivity contribution in [2.45, 2.75) is 6.42 Å². The molecule has 3 nitrogen and oxygen atoms in total. The molecule has 0 fully saturated rings. The Balaban J connectivity index is 1.75. The fourth-order valence-electron chi connectivity index (χ4n) is 1.90. The van der Waals surface area contributed by atoms with Crippen LogP contribution in [-0.2, 0) is 6.42 Å². The molecular formula is C16H11BrN2OS. The van der Waals surface area contributed by atoms with Gasteiger partial charge in [-0.05, 0) is 28.1 Å². The molecule has 0 bridgehead atoms. The molecule has 0 aliphatic heterocycles. The van der Waals surface area contributed by atoms with Crippen molar-refractivity contribution in [2.24, 2.45) is 0 Å². The molecule has 0 aliphatic carbocycles. The summed E-state index contributed by atoms with van der Waals surface area (Å²) < 4.78 is 0.861. The van der Waals surface area contributed by atoms with E-state index in [-0.39, 0.29) is 12.2 Å².